The second-order valence-corrected chi connectivity index (χ2v) is 7.45. The first-order valence-electron chi connectivity index (χ1n) is 9.58. The lowest BCUT2D eigenvalue weighted by molar-refractivity contribution is 0.0699. The van der Waals surface area contributed by atoms with E-state index in [4.69, 9.17) is 9.40 Å². The molecule has 0 bridgehead atoms. The number of aromatic nitrogens is 2. The Bertz CT molecular complexity index is 999. The molecule has 1 atom stereocenters. The van der Waals surface area contributed by atoms with Gasteiger partial charge in [-0.2, -0.15) is 0 Å². The molecule has 1 aliphatic heterocycles. The standard InChI is InChI=1S/C21H21N3O3/c25-17-8-3-9-18-19(17)14(12-27-18)21(26)24-10-4-5-13(11-24)20-22-15-6-1-2-7-16(15)23-20/h1-2,6-7,12-13H,3-5,8-11H2,(H,22,23). The summed E-state index contributed by atoms with van der Waals surface area (Å²) in [6.07, 6.45) is 5.41. The fraction of sp³-hybridized carbons (Fsp3) is 0.381. The van der Waals surface area contributed by atoms with Crippen molar-refractivity contribution in [3.8, 4) is 0 Å². The molecular weight excluding hydrogens is 342 g/mol. The van der Waals surface area contributed by atoms with E-state index in [0.29, 0.717) is 36.4 Å². The molecule has 3 heterocycles. The molecule has 1 N–H and O–H groups in total. The zero-order valence-electron chi connectivity index (χ0n) is 15.0. The van der Waals surface area contributed by atoms with Crippen LogP contribution in [0, 0.1) is 0 Å². The van der Waals surface area contributed by atoms with E-state index in [1.807, 2.05) is 29.2 Å². The van der Waals surface area contributed by atoms with Gasteiger partial charge in [-0.25, -0.2) is 4.98 Å². The normalized spacial score (nSPS) is 20.1. The van der Waals surface area contributed by atoms with E-state index in [1.165, 1.54) is 6.26 Å². The zero-order chi connectivity index (χ0) is 18.4. The van der Waals surface area contributed by atoms with Crippen LogP contribution in [-0.4, -0.2) is 39.6 Å². The van der Waals surface area contributed by atoms with Crippen molar-refractivity contribution in [1.82, 2.24) is 14.9 Å². The average Bonchev–Trinajstić information content (AvgIpc) is 3.32. The van der Waals surface area contributed by atoms with Gasteiger partial charge in [0.05, 0.1) is 22.2 Å². The van der Waals surface area contributed by atoms with Crippen LogP contribution in [0.4, 0.5) is 0 Å². The van der Waals surface area contributed by atoms with Crippen LogP contribution in [0.3, 0.4) is 0 Å². The minimum absolute atomic E-state index is 0.0270. The first-order valence-corrected chi connectivity index (χ1v) is 9.58. The maximum atomic E-state index is 13.1. The molecule has 1 saturated heterocycles. The number of piperidine rings is 1. The number of aromatic amines is 1. The number of nitrogens with zero attached hydrogens (tertiary/aromatic N) is 2. The van der Waals surface area contributed by atoms with Crippen molar-refractivity contribution in [2.24, 2.45) is 0 Å². The third-order valence-electron chi connectivity index (χ3n) is 5.69. The Hall–Kier alpha value is -2.89. The molecular formula is C21H21N3O3. The Labute approximate surface area is 156 Å². The molecule has 0 spiro atoms. The van der Waals surface area contributed by atoms with Gasteiger partial charge in [-0.15, -0.1) is 0 Å². The Morgan fingerprint density at radius 1 is 1.22 bits per heavy atom. The molecule has 6 nitrogen and oxygen atoms in total. The number of carbonyl (C=O) groups is 2. The number of hydrogen-bond donors (Lipinski definition) is 1. The van der Waals surface area contributed by atoms with E-state index in [0.717, 1.165) is 42.5 Å². The van der Waals surface area contributed by atoms with Gasteiger partial charge in [0.25, 0.3) is 5.91 Å². The summed E-state index contributed by atoms with van der Waals surface area (Å²) in [4.78, 5) is 35.4. The van der Waals surface area contributed by atoms with Crippen LogP contribution >= 0.6 is 0 Å². The van der Waals surface area contributed by atoms with Gasteiger partial charge in [0, 0.05) is 31.8 Å². The summed E-state index contributed by atoms with van der Waals surface area (Å²) in [7, 11) is 0. The number of ketones is 1. The number of fused-ring (bicyclic) bond motifs is 2. The van der Waals surface area contributed by atoms with E-state index < -0.39 is 0 Å². The molecule has 0 saturated carbocycles. The van der Waals surface area contributed by atoms with Crippen LogP contribution in [-0.2, 0) is 6.42 Å². The van der Waals surface area contributed by atoms with Gasteiger partial charge in [-0.05, 0) is 31.4 Å². The monoisotopic (exact) mass is 363 g/mol. The maximum Gasteiger partial charge on any atom is 0.257 e. The molecule has 138 valence electrons. The lowest BCUT2D eigenvalue weighted by Gasteiger charge is -2.31. The van der Waals surface area contributed by atoms with E-state index in [2.05, 4.69) is 4.98 Å². The number of benzene rings is 1. The first kappa shape index (κ1) is 16.3. The van der Waals surface area contributed by atoms with E-state index in [-0.39, 0.29) is 17.6 Å². The van der Waals surface area contributed by atoms with Crippen molar-refractivity contribution in [3.05, 3.63) is 53.2 Å². The number of Topliss-reactive ketones (excluding diaryl/α,β-unsaturated/α-hetero) is 1. The van der Waals surface area contributed by atoms with Gasteiger partial charge in [0.1, 0.15) is 17.8 Å². The van der Waals surface area contributed by atoms with Gasteiger partial charge in [0.15, 0.2) is 5.78 Å². The van der Waals surface area contributed by atoms with E-state index in [9.17, 15) is 9.59 Å². The number of nitrogens with one attached hydrogen (secondary N) is 1. The number of H-pyrrole nitrogens is 1. The fourth-order valence-corrected chi connectivity index (χ4v) is 4.30. The summed E-state index contributed by atoms with van der Waals surface area (Å²) in [5.41, 5.74) is 2.91. The lowest BCUT2D eigenvalue weighted by Crippen LogP contribution is -2.39. The van der Waals surface area contributed by atoms with Crippen LogP contribution in [0.25, 0.3) is 11.0 Å². The SMILES string of the molecule is O=C1CCCc2occ(C(=O)N3CCCC(c4nc5ccccc5[nH]4)C3)c21. The minimum atomic E-state index is -0.101. The molecule has 3 aromatic rings. The summed E-state index contributed by atoms with van der Waals surface area (Å²) in [5, 5.41) is 0. The average molecular weight is 363 g/mol. The third-order valence-corrected chi connectivity index (χ3v) is 5.69. The maximum absolute atomic E-state index is 13.1. The number of likely N-dealkylation sites (tertiary alicyclic amines) is 1. The molecule has 1 fully saturated rings. The first-order chi connectivity index (χ1) is 13.2. The summed E-state index contributed by atoms with van der Waals surface area (Å²) >= 11 is 0. The highest BCUT2D eigenvalue weighted by Crippen LogP contribution is 2.31. The van der Waals surface area contributed by atoms with Crippen molar-refractivity contribution in [2.75, 3.05) is 13.1 Å². The molecule has 0 radical (unpaired) electrons. The lowest BCUT2D eigenvalue weighted by atomic mass is 9.92. The number of hydrogen-bond acceptors (Lipinski definition) is 4. The second-order valence-electron chi connectivity index (χ2n) is 7.45. The highest BCUT2D eigenvalue weighted by Gasteiger charge is 2.33. The van der Waals surface area contributed by atoms with E-state index in [1.54, 1.807) is 0 Å². The molecule has 2 aromatic heterocycles. The van der Waals surface area contributed by atoms with Gasteiger partial charge in [0.2, 0.25) is 0 Å². The zero-order valence-corrected chi connectivity index (χ0v) is 15.0. The topological polar surface area (TPSA) is 79.2 Å². The van der Waals surface area contributed by atoms with Crippen LogP contribution < -0.4 is 0 Å². The van der Waals surface area contributed by atoms with Crippen molar-refractivity contribution in [3.63, 3.8) is 0 Å². The number of amides is 1. The minimum Gasteiger partial charge on any atom is -0.468 e. The Morgan fingerprint density at radius 3 is 3.00 bits per heavy atom. The van der Waals surface area contributed by atoms with Gasteiger partial charge in [-0.1, -0.05) is 12.1 Å². The van der Waals surface area contributed by atoms with Gasteiger partial charge >= 0.3 is 0 Å². The van der Waals surface area contributed by atoms with Crippen molar-refractivity contribution in [1.29, 1.82) is 0 Å². The van der Waals surface area contributed by atoms with Crippen molar-refractivity contribution >= 4 is 22.7 Å². The van der Waals surface area contributed by atoms with Crippen molar-refractivity contribution < 1.29 is 14.0 Å². The van der Waals surface area contributed by atoms with Crippen LogP contribution in [0.5, 0.6) is 0 Å². The number of carbonyl (C=O) groups excluding carboxylic acids is 2. The highest BCUT2D eigenvalue weighted by molar-refractivity contribution is 6.09. The summed E-state index contributed by atoms with van der Waals surface area (Å²) in [6, 6.07) is 7.97. The quantitative estimate of drug-likeness (QED) is 0.753. The molecule has 5 rings (SSSR count). The predicted molar refractivity (Wildman–Crippen MR) is 99.9 cm³/mol. The Kier molecular flexibility index (Phi) is 3.85. The molecule has 1 amide bonds. The molecule has 1 aromatic carbocycles. The Balaban J connectivity index is 1.40. The number of imidazole rings is 1. The number of rotatable bonds is 2. The third kappa shape index (κ3) is 2.76. The van der Waals surface area contributed by atoms with E-state index >= 15 is 0 Å². The smallest absolute Gasteiger partial charge is 0.257 e. The van der Waals surface area contributed by atoms with Crippen LogP contribution in [0.1, 0.15) is 63.9 Å². The fourth-order valence-electron chi connectivity index (χ4n) is 4.30. The van der Waals surface area contributed by atoms with Gasteiger partial charge < -0.3 is 14.3 Å². The largest absolute Gasteiger partial charge is 0.468 e. The summed E-state index contributed by atoms with van der Waals surface area (Å²) in [6.45, 7) is 1.30. The summed E-state index contributed by atoms with van der Waals surface area (Å²) in [5.74, 6) is 1.70. The number of aryl methyl sites for hydroxylation is 1. The second kappa shape index (κ2) is 6.37. The summed E-state index contributed by atoms with van der Waals surface area (Å²) < 4.78 is 5.53. The molecule has 6 heteroatoms. The van der Waals surface area contributed by atoms with Crippen LogP contribution in [0.2, 0.25) is 0 Å². The molecule has 2 aliphatic rings. The van der Waals surface area contributed by atoms with Gasteiger partial charge in [-0.3, -0.25) is 9.59 Å². The predicted octanol–water partition coefficient (Wildman–Crippen LogP) is 3.69. The molecule has 1 unspecified atom stereocenters. The number of para-hydroxylation sites is 2. The van der Waals surface area contributed by atoms with Crippen molar-refractivity contribution in [2.45, 2.75) is 38.0 Å². The van der Waals surface area contributed by atoms with Crippen LogP contribution in [0.15, 0.2) is 34.9 Å². The Morgan fingerprint density at radius 2 is 2.11 bits per heavy atom. The number of furan rings is 1. The molecule has 27 heavy (non-hydrogen) atoms. The highest BCUT2D eigenvalue weighted by atomic mass is 16.3. The molecule has 1 aliphatic carbocycles.